The zero-order valence-electron chi connectivity index (χ0n) is 10.9. The molecule has 0 bridgehead atoms. The maximum absolute atomic E-state index is 9.89. The second kappa shape index (κ2) is 5.41. The Labute approximate surface area is 110 Å². The van der Waals surface area contributed by atoms with Gasteiger partial charge < -0.3 is 10.0 Å². The van der Waals surface area contributed by atoms with E-state index >= 15 is 0 Å². The summed E-state index contributed by atoms with van der Waals surface area (Å²) in [6, 6.07) is 13.9. The molecule has 0 aliphatic rings. The van der Waals surface area contributed by atoms with Crippen LogP contribution in [0.25, 0.3) is 0 Å². The lowest BCUT2D eigenvalue weighted by Crippen LogP contribution is -2.19. The highest BCUT2D eigenvalue weighted by Gasteiger charge is 2.10. The van der Waals surface area contributed by atoms with Gasteiger partial charge in [0.25, 0.3) is 0 Å². The molecule has 0 saturated carbocycles. The second-order valence-corrected chi connectivity index (χ2v) is 5.79. The Morgan fingerprint density at radius 3 is 2.39 bits per heavy atom. The van der Waals surface area contributed by atoms with Gasteiger partial charge in [-0.05, 0) is 24.6 Å². The highest BCUT2D eigenvalue weighted by Crippen LogP contribution is 2.25. The van der Waals surface area contributed by atoms with E-state index < -0.39 is 0 Å². The summed E-state index contributed by atoms with van der Waals surface area (Å²) in [5, 5.41) is 12.2. The van der Waals surface area contributed by atoms with E-state index in [-0.39, 0.29) is 0 Å². The maximum Gasteiger partial charge on any atom is 0.123 e. The van der Waals surface area contributed by atoms with Gasteiger partial charge in [-0.1, -0.05) is 38.9 Å². The van der Waals surface area contributed by atoms with E-state index in [1.165, 1.54) is 16.6 Å². The number of benzene rings is 2. The Hall–Kier alpha value is -1.53. The summed E-state index contributed by atoms with van der Waals surface area (Å²) in [5.41, 5.74) is 2.49. The summed E-state index contributed by atoms with van der Waals surface area (Å²) in [6.45, 7) is 2.12. The molecule has 1 unspecified atom stereocenters. The third-order valence-electron chi connectivity index (χ3n) is 2.90. The van der Waals surface area contributed by atoms with E-state index in [1.54, 1.807) is 6.07 Å². The van der Waals surface area contributed by atoms with E-state index in [0.717, 1.165) is 5.30 Å². The Kier molecular flexibility index (Phi) is 3.88. The van der Waals surface area contributed by atoms with Crippen LogP contribution in [0.2, 0.25) is 0 Å². The van der Waals surface area contributed by atoms with Gasteiger partial charge in [0.15, 0.2) is 0 Å². The molecule has 1 N–H and O–H groups in total. The van der Waals surface area contributed by atoms with Crippen LogP contribution in [0.1, 0.15) is 5.56 Å². The van der Waals surface area contributed by atoms with Crippen molar-refractivity contribution in [1.82, 2.24) is 0 Å². The normalized spacial score (nSPS) is 11.1. The number of para-hydroxylation sites is 1. The van der Waals surface area contributed by atoms with Gasteiger partial charge in [-0.25, -0.2) is 0 Å². The highest BCUT2D eigenvalue weighted by atomic mass is 31.1. The maximum atomic E-state index is 9.89. The summed E-state index contributed by atoms with van der Waals surface area (Å²) in [5.74, 6) is 0.379. The van der Waals surface area contributed by atoms with Gasteiger partial charge in [0, 0.05) is 30.4 Å². The fraction of sp³-hybridized carbons (Fsp3) is 0.200. The molecule has 0 fully saturated rings. The molecular weight excluding hydrogens is 241 g/mol. The van der Waals surface area contributed by atoms with E-state index in [9.17, 15) is 5.11 Å². The topological polar surface area (TPSA) is 23.5 Å². The minimum absolute atomic E-state index is 0.379. The first-order valence-corrected chi connectivity index (χ1v) is 6.91. The lowest BCUT2D eigenvalue weighted by molar-refractivity contribution is 0.480. The second-order valence-electron chi connectivity index (χ2n) is 4.51. The summed E-state index contributed by atoms with van der Waals surface area (Å²) in [4.78, 5) is 2.12. The quantitative estimate of drug-likeness (QED) is 0.856. The molecule has 0 heterocycles. The first-order valence-electron chi connectivity index (χ1n) is 5.91. The molecule has 0 saturated heterocycles. The SMILES string of the molecule is Cc1cccc(N(C)C)c1Pc1ccccc1O. The van der Waals surface area contributed by atoms with Gasteiger partial charge in [-0.3, -0.25) is 0 Å². The molecule has 2 rings (SSSR count). The molecule has 0 aliphatic heterocycles. The van der Waals surface area contributed by atoms with Crippen LogP contribution < -0.4 is 15.5 Å². The van der Waals surface area contributed by atoms with Crippen LogP contribution in [0.4, 0.5) is 5.69 Å². The Balaban J connectivity index is 2.43. The minimum Gasteiger partial charge on any atom is -0.507 e. The molecule has 0 spiro atoms. The minimum atomic E-state index is 0.379. The van der Waals surface area contributed by atoms with Crippen LogP contribution in [-0.2, 0) is 0 Å². The van der Waals surface area contributed by atoms with Crippen LogP contribution in [0.5, 0.6) is 5.75 Å². The predicted octanol–water partition coefficient (Wildman–Crippen LogP) is 2.40. The third-order valence-corrected chi connectivity index (χ3v) is 4.49. The Morgan fingerprint density at radius 2 is 1.72 bits per heavy atom. The van der Waals surface area contributed by atoms with E-state index in [1.807, 2.05) is 32.3 Å². The summed E-state index contributed by atoms with van der Waals surface area (Å²) >= 11 is 0. The smallest absolute Gasteiger partial charge is 0.123 e. The molecule has 0 aliphatic carbocycles. The standard InChI is InChI=1S/C15H18NOP/c1-11-7-6-8-12(16(2)3)15(11)18-14-10-5-4-9-13(14)17/h4-10,17-18H,1-3H3. The monoisotopic (exact) mass is 259 g/mol. The molecule has 2 nitrogen and oxygen atoms in total. The first kappa shape index (κ1) is 12.9. The fourth-order valence-corrected chi connectivity index (χ4v) is 3.28. The van der Waals surface area contributed by atoms with Crippen molar-refractivity contribution < 1.29 is 5.11 Å². The van der Waals surface area contributed by atoms with Gasteiger partial charge in [0.2, 0.25) is 0 Å². The summed E-state index contributed by atoms with van der Waals surface area (Å²) in [7, 11) is 4.57. The Morgan fingerprint density at radius 1 is 1.00 bits per heavy atom. The molecule has 0 radical (unpaired) electrons. The predicted molar refractivity (Wildman–Crippen MR) is 81.2 cm³/mol. The van der Waals surface area contributed by atoms with Crippen LogP contribution in [0, 0.1) is 6.92 Å². The molecule has 2 aromatic rings. The number of anilines is 1. The van der Waals surface area contributed by atoms with Crippen LogP contribution >= 0.6 is 8.58 Å². The summed E-state index contributed by atoms with van der Waals surface area (Å²) < 4.78 is 0. The zero-order valence-corrected chi connectivity index (χ0v) is 11.9. The van der Waals surface area contributed by atoms with Gasteiger partial charge >= 0.3 is 0 Å². The number of rotatable bonds is 3. The van der Waals surface area contributed by atoms with Crippen molar-refractivity contribution in [3.8, 4) is 5.75 Å². The van der Waals surface area contributed by atoms with Gasteiger partial charge in [0.1, 0.15) is 5.75 Å². The van der Waals surface area contributed by atoms with Crippen molar-refractivity contribution in [2.45, 2.75) is 6.92 Å². The molecule has 0 aromatic heterocycles. The van der Waals surface area contributed by atoms with Gasteiger partial charge in [-0.2, -0.15) is 0 Å². The van der Waals surface area contributed by atoms with Crippen molar-refractivity contribution in [3.05, 3.63) is 48.0 Å². The lowest BCUT2D eigenvalue weighted by atomic mass is 10.2. The van der Waals surface area contributed by atoms with Crippen molar-refractivity contribution in [2.24, 2.45) is 0 Å². The molecule has 1 atom stereocenters. The molecule has 18 heavy (non-hydrogen) atoms. The van der Waals surface area contributed by atoms with Crippen molar-refractivity contribution in [3.63, 3.8) is 0 Å². The van der Waals surface area contributed by atoms with Gasteiger partial charge in [0.05, 0.1) is 0 Å². The van der Waals surface area contributed by atoms with Gasteiger partial charge in [-0.15, -0.1) is 0 Å². The molecule has 3 heteroatoms. The van der Waals surface area contributed by atoms with Crippen LogP contribution in [-0.4, -0.2) is 19.2 Å². The van der Waals surface area contributed by atoms with Crippen molar-refractivity contribution in [2.75, 3.05) is 19.0 Å². The fourth-order valence-electron chi connectivity index (χ4n) is 1.90. The van der Waals surface area contributed by atoms with Crippen LogP contribution in [0.15, 0.2) is 42.5 Å². The number of nitrogens with zero attached hydrogens (tertiary/aromatic N) is 1. The Bertz CT molecular complexity index is 552. The molecule has 94 valence electrons. The lowest BCUT2D eigenvalue weighted by Gasteiger charge is -2.19. The average molecular weight is 259 g/mol. The highest BCUT2D eigenvalue weighted by molar-refractivity contribution is 7.56. The number of aryl methyl sites for hydroxylation is 1. The van der Waals surface area contributed by atoms with Crippen molar-refractivity contribution >= 4 is 24.9 Å². The zero-order chi connectivity index (χ0) is 13.1. The number of hydrogen-bond acceptors (Lipinski definition) is 2. The largest absolute Gasteiger partial charge is 0.507 e. The van der Waals surface area contributed by atoms with E-state index in [0.29, 0.717) is 14.3 Å². The molecule has 2 aromatic carbocycles. The molecule has 0 amide bonds. The number of phenolic OH excluding ortho intramolecular Hbond substituents is 1. The number of phenols is 1. The van der Waals surface area contributed by atoms with Crippen LogP contribution in [0.3, 0.4) is 0 Å². The van der Waals surface area contributed by atoms with Crippen molar-refractivity contribution in [1.29, 1.82) is 0 Å². The van der Waals surface area contributed by atoms with E-state index in [2.05, 4.69) is 30.0 Å². The number of hydrogen-bond donors (Lipinski definition) is 1. The molecular formula is C15H18NOP. The number of aromatic hydroxyl groups is 1. The average Bonchev–Trinajstić information content (AvgIpc) is 2.34. The van der Waals surface area contributed by atoms with E-state index in [4.69, 9.17) is 0 Å². The first-order chi connectivity index (χ1) is 8.59. The summed E-state index contributed by atoms with van der Waals surface area (Å²) in [6.07, 6.45) is 0. The third kappa shape index (κ3) is 2.65.